The molecule has 0 radical (unpaired) electrons. The number of thiophene rings is 1. The molecule has 3 aromatic heterocycles. The van der Waals surface area contributed by atoms with Crippen LogP contribution in [0.1, 0.15) is 12.8 Å². The van der Waals surface area contributed by atoms with Crippen molar-refractivity contribution in [2.24, 2.45) is 5.92 Å². The van der Waals surface area contributed by atoms with Crippen LogP contribution in [0.5, 0.6) is 0 Å². The standard InChI is InChI=1S/C18H18N4O3S3/c23-17(21-18-20-15(12-27-18)13-5-7-19-8-6-13)14-3-1-9-22(11-14)28(24,25)16-4-2-10-26-16/h2,4-8,10,12,14H,1,3,9,11H2,(H,20,21,23)/t14-/m1/s1. The Hall–Kier alpha value is -2.14. The van der Waals surface area contributed by atoms with Crippen LogP contribution in [0.4, 0.5) is 5.13 Å². The topological polar surface area (TPSA) is 92.3 Å². The maximum absolute atomic E-state index is 12.7. The van der Waals surface area contributed by atoms with Crippen molar-refractivity contribution in [1.29, 1.82) is 0 Å². The van der Waals surface area contributed by atoms with Gasteiger partial charge in [0.2, 0.25) is 5.91 Å². The maximum atomic E-state index is 12.7. The number of thiazole rings is 1. The molecule has 4 rings (SSSR count). The summed E-state index contributed by atoms with van der Waals surface area (Å²) in [7, 11) is -3.54. The molecule has 0 saturated carbocycles. The minimum Gasteiger partial charge on any atom is -0.302 e. The highest BCUT2D eigenvalue weighted by Crippen LogP contribution is 2.28. The summed E-state index contributed by atoms with van der Waals surface area (Å²) in [4.78, 5) is 21.1. The van der Waals surface area contributed by atoms with E-state index in [-0.39, 0.29) is 12.5 Å². The average molecular weight is 435 g/mol. The highest BCUT2D eigenvalue weighted by molar-refractivity contribution is 7.91. The molecule has 1 aliphatic rings. The first-order valence-corrected chi connectivity index (χ1v) is 11.9. The van der Waals surface area contributed by atoms with E-state index in [4.69, 9.17) is 0 Å². The summed E-state index contributed by atoms with van der Waals surface area (Å²) < 4.78 is 27.2. The second kappa shape index (κ2) is 8.08. The maximum Gasteiger partial charge on any atom is 0.252 e. The SMILES string of the molecule is O=C(Nc1nc(-c2ccncc2)cs1)[C@@H]1CCCN(S(=O)(=O)c2cccs2)C1. The summed E-state index contributed by atoms with van der Waals surface area (Å²) in [6.07, 6.45) is 4.70. The lowest BCUT2D eigenvalue weighted by Crippen LogP contribution is -2.43. The van der Waals surface area contributed by atoms with E-state index < -0.39 is 15.9 Å². The number of carbonyl (C=O) groups excluding carboxylic acids is 1. The molecule has 1 saturated heterocycles. The van der Waals surface area contributed by atoms with Gasteiger partial charge in [-0.1, -0.05) is 6.07 Å². The first-order valence-electron chi connectivity index (χ1n) is 8.74. The summed E-state index contributed by atoms with van der Waals surface area (Å²) in [5.41, 5.74) is 1.70. The van der Waals surface area contributed by atoms with Crippen LogP contribution in [0.2, 0.25) is 0 Å². The lowest BCUT2D eigenvalue weighted by Gasteiger charge is -2.30. The van der Waals surface area contributed by atoms with Crippen molar-refractivity contribution in [2.75, 3.05) is 18.4 Å². The number of amides is 1. The van der Waals surface area contributed by atoms with Gasteiger partial charge in [0.1, 0.15) is 4.21 Å². The second-order valence-corrected chi connectivity index (χ2v) is 10.4. The number of rotatable bonds is 5. The van der Waals surface area contributed by atoms with Crippen molar-refractivity contribution < 1.29 is 13.2 Å². The normalized spacial score (nSPS) is 18.1. The summed E-state index contributed by atoms with van der Waals surface area (Å²) in [5.74, 6) is -0.585. The van der Waals surface area contributed by atoms with Crippen molar-refractivity contribution in [1.82, 2.24) is 14.3 Å². The van der Waals surface area contributed by atoms with Gasteiger partial charge in [0, 0.05) is 36.4 Å². The van der Waals surface area contributed by atoms with Crippen LogP contribution in [0.15, 0.2) is 51.6 Å². The molecule has 1 aliphatic heterocycles. The number of nitrogens with one attached hydrogen (secondary N) is 1. The molecule has 4 heterocycles. The van der Waals surface area contributed by atoms with E-state index in [1.54, 1.807) is 29.9 Å². The number of carbonyl (C=O) groups is 1. The van der Waals surface area contributed by atoms with Crippen LogP contribution >= 0.6 is 22.7 Å². The fourth-order valence-corrected chi connectivity index (χ4v) is 6.50. The molecular weight excluding hydrogens is 416 g/mol. The lowest BCUT2D eigenvalue weighted by atomic mass is 9.99. The Morgan fingerprint density at radius 1 is 1.21 bits per heavy atom. The van der Waals surface area contributed by atoms with Crippen LogP contribution in [0.3, 0.4) is 0 Å². The van der Waals surface area contributed by atoms with E-state index in [0.717, 1.165) is 11.3 Å². The van der Waals surface area contributed by atoms with Crippen LogP contribution < -0.4 is 5.32 Å². The Morgan fingerprint density at radius 2 is 2.04 bits per heavy atom. The van der Waals surface area contributed by atoms with Gasteiger partial charge in [-0.15, -0.1) is 22.7 Å². The van der Waals surface area contributed by atoms with E-state index >= 15 is 0 Å². The number of piperidine rings is 1. The zero-order chi connectivity index (χ0) is 19.6. The van der Waals surface area contributed by atoms with E-state index in [9.17, 15) is 13.2 Å². The van der Waals surface area contributed by atoms with Gasteiger partial charge < -0.3 is 5.32 Å². The molecular formula is C18H18N4O3S3. The fourth-order valence-electron chi connectivity index (χ4n) is 3.11. The highest BCUT2D eigenvalue weighted by atomic mass is 32.2. The molecule has 0 bridgehead atoms. The molecule has 0 aromatic carbocycles. The van der Waals surface area contributed by atoms with Crippen molar-refractivity contribution >= 4 is 43.7 Å². The molecule has 0 aliphatic carbocycles. The molecule has 3 aromatic rings. The number of sulfonamides is 1. The molecule has 28 heavy (non-hydrogen) atoms. The monoisotopic (exact) mass is 434 g/mol. The van der Waals surface area contributed by atoms with Gasteiger partial charge in [0.25, 0.3) is 10.0 Å². The number of aromatic nitrogens is 2. The van der Waals surface area contributed by atoms with Crippen LogP contribution in [-0.4, -0.2) is 41.7 Å². The Morgan fingerprint density at radius 3 is 2.79 bits per heavy atom. The predicted molar refractivity (Wildman–Crippen MR) is 110 cm³/mol. The summed E-state index contributed by atoms with van der Waals surface area (Å²) in [5, 5.41) is 6.97. The fraction of sp³-hybridized carbons (Fsp3) is 0.278. The first-order chi connectivity index (χ1) is 13.5. The number of nitrogens with zero attached hydrogens (tertiary/aromatic N) is 3. The second-order valence-electron chi connectivity index (χ2n) is 6.40. The third-order valence-electron chi connectivity index (χ3n) is 4.55. The summed E-state index contributed by atoms with van der Waals surface area (Å²) >= 11 is 2.54. The Bertz CT molecular complexity index is 1050. The van der Waals surface area contributed by atoms with Gasteiger partial charge in [-0.3, -0.25) is 9.78 Å². The van der Waals surface area contributed by atoms with E-state index in [1.165, 1.54) is 27.0 Å². The van der Waals surface area contributed by atoms with Gasteiger partial charge in [0.15, 0.2) is 5.13 Å². The molecule has 1 amide bonds. The number of pyridine rings is 1. The van der Waals surface area contributed by atoms with Crippen molar-refractivity contribution in [2.45, 2.75) is 17.1 Å². The first kappa shape index (κ1) is 19.2. The predicted octanol–water partition coefficient (Wildman–Crippen LogP) is 3.31. The van der Waals surface area contributed by atoms with Gasteiger partial charge >= 0.3 is 0 Å². The van der Waals surface area contributed by atoms with Gasteiger partial charge in [-0.05, 0) is 36.4 Å². The Kier molecular flexibility index (Phi) is 5.54. The Balaban J connectivity index is 1.43. The summed E-state index contributed by atoms with van der Waals surface area (Å²) in [6.45, 7) is 0.627. The largest absolute Gasteiger partial charge is 0.302 e. The average Bonchev–Trinajstić information content (AvgIpc) is 3.41. The van der Waals surface area contributed by atoms with Crippen molar-refractivity contribution in [3.05, 3.63) is 47.4 Å². The van der Waals surface area contributed by atoms with Crippen LogP contribution in [0.25, 0.3) is 11.3 Å². The van der Waals surface area contributed by atoms with Gasteiger partial charge in [0.05, 0.1) is 11.6 Å². The summed E-state index contributed by atoms with van der Waals surface area (Å²) in [6, 6.07) is 7.03. The molecule has 1 fully saturated rings. The Labute approximate surface area is 171 Å². The molecule has 10 heteroatoms. The molecule has 7 nitrogen and oxygen atoms in total. The molecule has 0 unspecified atom stereocenters. The van der Waals surface area contributed by atoms with Gasteiger partial charge in [-0.25, -0.2) is 13.4 Å². The molecule has 1 N–H and O–H groups in total. The number of anilines is 1. The highest BCUT2D eigenvalue weighted by Gasteiger charge is 2.34. The van der Waals surface area contributed by atoms with E-state index in [2.05, 4.69) is 15.3 Å². The molecule has 1 atom stereocenters. The van der Waals surface area contributed by atoms with Gasteiger partial charge in [-0.2, -0.15) is 4.31 Å². The zero-order valence-electron chi connectivity index (χ0n) is 14.8. The van der Waals surface area contributed by atoms with Crippen molar-refractivity contribution in [3.8, 4) is 11.3 Å². The van der Waals surface area contributed by atoms with Crippen LogP contribution in [-0.2, 0) is 14.8 Å². The number of hydrogen-bond donors (Lipinski definition) is 1. The van der Waals surface area contributed by atoms with E-state index in [0.29, 0.717) is 28.7 Å². The van der Waals surface area contributed by atoms with Crippen LogP contribution in [0, 0.1) is 5.92 Å². The van der Waals surface area contributed by atoms with E-state index in [1.807, 2.05) is 17.5 Å². The van der Waals surface area contributed by atoms with Crippen molar-refractivity contribution in [3.63, 3.8) is 0 Å². The smallest absolute Gasteiger partial charge is 0.252 e. The zero-order valence-corrected chi connectivity index (χ0v) is 17.3. The third kappa shape index (κ3) is 4.00. The quantitative estimate of drug-likeness (QED) is 0.665. The lowest BCUT2D eigenvalue weighted by molar-refractivity contribution is -0.120. The molecule has 0 spiro atoms. The minimum atomic E-state index is -3.54. The molecule has 146 valence electrons. The third-order valence-corrected chi connectivity index (χ3v) is 8.55. The minimum absolute atomic E-state index is 0.189. The number of hydrogen-bond acceptors (Lipinski definition) is 7.